The predicted molar refractivity (Wildman–Crippen MR) is 100 cm³/mol. The van der Waals surface area contributed by atoms with Crippen LogP contribution in [0, 0.1) is 6.92 Å². The van der Waals surface area contributed by atoms with Gasteiger partial charge in [-0.05, 0) is 42.1 Å². The average molecular weight is 367 g/mol. The summed E-state index contributed by atoms with van der Waals surface area (Å²) in [6.07, 6.45) is 5.02. The second-order valence-electron chi connectivity index (χ2n) is 5.83. The van der Waals surface area contributed by atoms with Crippen LogP contribution in [-0.4, -0.2) is 22.9 Å². The van der Waals surface area contributed by atoms with E-state index in [1.807, 2.05) is 42.6 Å². The van der Waals surface area contributed by atoms with Gasteiger partial charge in [-0.15, -0.1) is 11.3 Å². The Morgan fingerprint density at radius 2 is 2.23 bits per heavy atom. The first kappa shape index (κ1) is 16.4. The molecule has 0 aliphatic carbocycles. The lowest BCUT2D eigenvalue weighted by Crippen LogP contribution is -2.28. The zero-order valence-electron chi connectivity index (χ0n) is 14.1. The molecule has 1 aromatic carbocycles. The number of aromatic amines is 1. The number of hydrogen-bond donors (Lipinski definition) is 1. The van der Waals surface area contributed by atoms with Gasteiger partial charge < -0.3 is 14.4 Å². The van der Waals surface area contributed by atoms with E-state index < -0.39 is 0 Å². The summed E-state index contributed by atoms with van der Waals surface area (Å²) in [5.74, 6) is 1.31. The first-order chi connectivity index (χ1) is 12.7. The number of hydrogen-bond acceptors (Lipinski definition) is 5. The van der Waals surface area contributed by atoms with Gasteiger partial charge >= 0.3 is 0 Å². The van der Waals surface area contributed by atoms with Crippen LogP contribution < -0.4 is 14.4 Å². The second kappa shape index (κ2) is 7.05. The molecule has 3 aromatic rings. The van der Waals surface area contributed by atoms with Crippen LogP contribution in [0.4, 0.5) is 5.69 Å². The van der Waals surface area contributed by atoms with Gasteiger partial charge in [0.25, 0.3) is 5.91 Å². The van der Waals surface area contributed by atoms with Gasteiger partial charge in [-0.3, -0.25) is 9.89 Å². The fourth-order valence-corrected chi connectivity index (χ4v) is 3.42. The minimum atomic E-state index is -0.111. The van der Waals surface area contributed by atoms with Gasteiger partial charge in [0.1, 0.15) is 0 Å². The molecular formula is C19H17N3O3S. The van der Waals surface area contributed by atoms with E-state index in [9.17, 15) is 4.79 Å². The molecule has 1 aliphatic heterocycles. The molecule has 1 aliphatic rings. The van der Waals surface area contributed by atoms with Crippen molar-refractivity contribution in [3.63, 3.8) is 0 Å². The molecule has 7 heteroatoms. The Labute approximate surface area is 154 Å². The van der Waals surface area contributed by atoms with Gasteiger partial charge in [0.15, 0.2) is 11.5 Å². The number of fused-ring (bicyclic) bond motifs is 1. The first-order valence-corrected chi connectivity index (χ1v) is 9.00. The summed E-state index contributed by atoms with van der Waals surface area (Å²) >= 11 is 1.62. The molecule has 0 unspecified atom stereocenters. The molecule has 4 rings (SSSR count). The van der Waals surface area contributed by atoms with E-state index in [1.165, 1.54) is 0 Å². The monoisotopic (exact) mass is 367 g/mol. The molecular weight excluding hydrogens is 350 g/mol. The lowest BCUT2D eigenvalue weighted by molar-refractivity contribution is -0.114. The lowest BCUT2D eigenvalue weighted by Gasteiger charge is -2.19. The minimum absolute atomic E-state index is 0.111. The van der Waals surface area contributed by atoms with Crippen LogP contribution in [0.2, 0.25) is 0 Å². The number of ether oxygens (including phenoxy) is 2. The van der Waals surface area contributed by atoms with Crippen molar-refractivity contribution in [1.82, 2.24) is 10.2 Å². The Bertz CT molecular complexity index is 947. The number of nitrogens with zero attached hydrogens (tertiary/aromatic N) is 2. The predicted octanol–water partition coefficient (Wildman–Crippen LogP) is 3.75. The maximum atomic E-state index is 12.9. The third kappa shape index (κ3) is 3.34. The number of benzene rings is 1. The van der Waals surface area contributed by atoms with Gasteiger partial charge in [-0.2, -0.15) is 5.10 Å². The highest BCUT2D eigenvalue weighted by Crippen LogP contribution is 2.33. The zero-order chi connectivity index (χ0) is 17.9. The van der Waals surface area contributed by atoms with Gasteiger partial charge in [0.2, 0.25) is 6.79 Å². The second-order valence-corrected chi connectivity index (χ2v) is 6.86. The van der Waals surface area contributed by atoms with Crippen molar-refractivity contribution in [2.24, 2.45) is 0 Å². The molecule has 0 radical (unpaired) electrons. The van der Waals surface area contributed by atoms with Crippen molar-refractivity contribution in [3.8, 4) is 11.5 Å². The van der Waals surface area contributed by atoms with E-state index in [1.54, 1.807) is 34.6 Å². The normalized spacial score (nSPS) is 12.7. The summed E-state index contributed by atoms with van der Waals surface area (Å²) in [7, 11) is 0. The van der Waals surface area contributed by atoms with Gasteiger partial charge in [0.05, 0.1) is 24.1 Å². The van der Waals surface area contributed by atoms with E-state index in [2.05, 4.69) is 10.2 Å². The van der Waals surface area contributed by atoms with Crippen molar-refractivity contribution in [3.05, 3.63) is 64.1 Å². The maximum absolute atomic E-state index is 12.9. The fourth-order valence-electron chi connectivity index (χ4n) is 2.73. The maximum Gasteiger partial charge on any atom is 0.251 e. The smallest absolute Gasteiger partial charge is 0.251 e. The third-order valence-electron chi connectivity index (χ3n) is 4.07. The number of carbonyl (C=O) groups excluding carboxylic acids is 1. The van der Waals surface area contributed by atoms with Crippen molar-refractivity contribution in [2.45, 2.75) is 13.5 Å². The standard InChI is InChI=1S/C19H17N3O3S/c1-13-16(10-20-21-13)22(11-15-3-2-8-26-15)19(23)7-5-14-4-6-17-18(9-14)25-12-24-17/h2-10H,11-12H2,1H3,(H,20,21). The number of H-pyrrole nitrogens is 1. The highest BCUT2D eigenvalue weighted by molar-refractivity contribution is 7.09. The molecule has 0 saturated carbocycles. The summed E-state index contributed by atoms with van der Waals surface area (Å²) in [6.45, 7) is 2.64. The Hall–Kier alpha value is -3.06. The molecule has 3 heterocycles. The molecule has 0 bridgehead atoms. The molecule has 0 fully saturated rings. The van der Waals surface area contributed by atoms with E-state index in [4.69, 9.17) is 9.47 Å². The van der Waals surface area contributed by atoms with E-state index in [-0.39, 0.29) is 12.7 Å². The molecule has 1 N–H and O–H groups in total. The van der Waals surface area contributed by atoms with Crippen LogP contribution in [0.1, 0.15) is 16.1 Å². The Balaban J connectivity index is 1.57. The average Bonchev–Trinajstić information content (AvgIpc) is 3.39. The number of anilines is 1. The molecule has 1 amide bonds. The number of carbonyl (C=O) groups is 1. The molecule has 132 valence electrons. The number of nitrogens with one attached hydrogen (secondary N) is 1. The van der Waals surface area contributed by atoms with Crippen molar-refractivity contribution >= 4 is 29.0 Å². The summed E-state index contributed by atoms with van der Waals surface area (Å²) in [6, 6.07) is 9.59. The van der Waals surface area contributed by atoms with Gasteiger partial charge in [-0.25, -0.2) is 0 Å². The number of thiophene rings is 1. The highest BCUT2D eigenvalue weighted by Gasteiger charge is 2.18. The molecule has 6 nitrogen and oxygen atoms in total. The quantitative estimate of drug-likeness (QED) is 0.698. The minimum Gasteiger partial charge on any atom is -0.454 e. The van der Waals surface area contributed by atoms with Crippen molar-refractivity contribution in [1.29, 1.82) is 0 Å². The summed E-state index contributed by atoms with van der Waals surface area (Å²) < 4.78 is 10.7. The van der Waals surface area contributed by atoms with E-state index in [0.717, 1.165) is 27.6 Å². The highest BCUT2D eigenvalue weighted by atomic mass is 32.1. The van der Waals surface area contributed by atoms with Crippen LogP contribution in [0.3, 0.4) is 0 Å². The van der Waals surface area contributed by atoms with E-state index in [0.29, 0.717) is 12.3 Å². The van der Waals surface area contributed by atoms with Crippen molar-refractivity contribution < 1.29 is 14.3 Å². The number of amides is 1. The molecule has 0 atom stereocenters. The Morgan fingerprint density at radius 1 is 1.35 bits per heavy atom. The molecule has 0 saturated heterocycles. The number of aromatic nitrogens is 2. The van der Waals surface area contributed by atoms with Gasteiger partial charge in [0, 0.05) is 11.0 Å². The van der Waals surface area contributed by atoms with E-state index >= 15 is 0 Å². The van der Waals surface area contributed by atoms with Crippen LogP contribution in [0.5, 0.6) is 11.5 Å². The third-order valence-corrected chi connectivity index (χ3v) is 4.93. The molecule has 2 aromatic heterocycles. The number of aryl methyl sites for hydroxylation is 1. The Kier molecular flexibility index (Phi) is 4.45. The summed E-state index contributed by atoms with van der Waals surface area (Å²) in [4.78, 5) is 15.7. The fraction of sp³-hybridized carbons (Fsp3) is 0.158. The van der Waals surface area contributed by atoms with Crippen LogP contribution in [-0.2, 0) is 11.3 Å². The number of rotatable bonds is 5. The van der Waals surface area contributed by atoms with Crippen molar-refractivity contribution in [2.75, 3.05) is 11.7 Å². The van der Waals surface area contributed by atoms with Gasteiger partial charge in [-0.1, -0.05) is 12.1 Å². The Morgan fingerprint density at radius 3 is 3.00 bits per heavy atom. The van der Waals surface area contributed by atoms with Crippen LogP contribution >= 0.6 is 11.3 Å². The summed E-state index contributed by atoms with van der Waals surface area (Å²) in [5.41, 5.74) is 2.51. The first-order valence-electron chi connectivity index (χ1n) is 8.12. The summed E-state index contributed by atoms with van der Waals surface area (Å²) in [5, 5.41) is 8.94. The van der Waals surface area contributed by atoms with Crippen LogP contribution in [0.15, 0.2) is 48.0 Å². The van der Waals surface area contributed by atoms with Crippen LogP contribution in [0.25, 0.3) is 6.08 Å². The topological polar surface area (TPSA) is 67.5 Å². The SMILES string of the molecule is Cc1[nH]ncc1N(Cc1cccs1)C(=O)C=Cc1ccc2c(c1)OCO2. The molecule has 26 heavy (non-hydrogen) atoms. The lowest BCUT2D eigenvalue weighted by atomic mass is 10.2. The largest absolute Gasteiger partial charge is 0.454 e. The molecule has 0 spiro atoms. The zero-order valence-corrected chi connectivity index (χ0v) is 15.0.